The quantitative estimate of drug-likeness (QED) is 0.617. The van der Waals surface area contributed by atoms with Crippen LogP contribution in [-0.2, 0) is 0 Å². The predicted molar refractivity (Wildman–Crippen MR) is 71.5 cm³/mol. The molecule has 0 amide bonds. The smallest absolute Gasteiger partial charge is 0.124 e. The van der Waals surface area contributed by atoms with Gasteiger partial charge in [0.1, 0.15) is 5.82 Å². The van der Waals surface area contributed by atoms with E-state index in [0.29, 0.717) is 10.0 Å². The van der Waals surface area contributed by atoms with Crippen LogP contribution in [0.4, 0.5) is 4.39 Å². The van der Waals surface area contributed by atoms with Crippen LogP contribution in [0.3, 0.4) is 0 Å². The molecule has 0 radical (unpaired) electrons. The van der Waals surface area contributed by atoms with Crippen molar-refractivity contribution in [2.45, 2.75) is 4.83 Å². The van der Waals surface area contributed by atoms with E-state index in [1.165, 1.54) is 23.5 Å². The van der Waals surface area contributed by atoms with Crippen molar-refractivity contribution in [2.75, 3.05) is 0 Å². The van der Waals surface area contributed by atoms with Crippen molar-refractivity contribution in [3.63, 3.8) is 0 Å². The molecule has 0 aliphatic heterocycles. The van der Waals surface area contributed by atoms with E-state index >= 15 is 0 Å². The lowest BCUT2D eigenvalue weighted by Crippen LogP contribution is -1.92. The third kappa shape index (κ3) is 2.43. The molecule has 1 unspecified atom stereocenters. The highest BCUT2D eigenvalue weighted by Crippen LogP contribution is 2.41. The number of hydrogen-bond acceptors (Lipinski definition) is 1. The molecule has 2 rings (SSSR count). The average molecular weight is 340 g/mol. The Morgan fingerprint density at radius 3 is 2.50 bits per heavy atom. The number of thiophene rings is 1. The van der Waals surface area contributed by atoms with Crippen molar-refractivity contribution in [1.29, 1.82) is 0 Å². The molecule has 2 aromatic rings. The van der Waals surface area contributed by atoms with Gasteiger partial charge in [0.25, 0.3) is 0 Å². The SMILES string of the molecule is Fc1ccc(C(Br)c2sccc2Cl)c(Cl)c1. The molecule has 0 saturated carbocycles. The van der Waals surface area contributed by atoms with Crippen LogP contribution in [0.2, 0.25) is 10.0 Å². The minimum atomic E-state index is -0.342. The molecular weight excluding hydrogens is 334 g/mol. The van der Waals surface area contributed by atoms with Crippen molar-refractivity contribution in [2.24, 2.45) is 0 Å². The molecular formula is C11H6BrCl2FS. The molecule has 1 aromatic carbocycles. The second-order valence-electron chi connectivity index (χ2n) is 3.16. The van der Waals surface area contributed by atoms with Gasteiger partial charge >= 0.3 is 0 Å². The van der Waals surface area contributed by atoms with Crippen molar-refractivity contribution in [3.8, 4) is 0 Å². The lowest BCUT2D eigenvalue weighted by molar-refractivity contribution is 0.627. The summed E-state index contributed by atoms with van der Waals surface area (Å²) in [5.74, 6) is -0.342. The summed E-state index contributed by atoms with van der Waals surface area (Å²) in [6.07, 6.45) is 0. The minimum Gasteiger partial charge on any atom is -0.207 e. The van der Waals surface area contributed by atoms with Gasteiger partial charge in [-0.1, -0.05) is 45.2 Å². The average Bonchev–Trinajstić information content (AvgIpc) is 2.63. The lowest BCUT2D eigenvalue weighted by Gasteiger charge is -2.10. The first kappa shape index (κ1) is 12.4. The van der Waals surface area contributed by atoms with Gasteiger partial charge in [0.05, 0.1) is 9.85 Å². The summed E-state index contributed by atoms with van der Waals surface area (Å²) in [4.78, 5) is 0.864. The van der Waals surface area contributed by atoms with Crippen LogP contribution in [0.25, 0.3) is 0 Å². The molecule has 0 spiro atoms. The van der Waals surface area contributed by atoms with E-state index in [2.05, 4.69) is 15.9 Å². The Hall–Kier alpha value is -0.0900. The predicted octanol–water partition coefficient (Wildman–Crippen LogP) is 5.68. The first-order valence-corrected chi connectivity index (χ1v) is 6.96. The number of hydrogen-bond donors (Lipinski definition) is 0. The van der Waals surface area contributed by atoms with E-state index in [0.717, 1.165) is 10.4 Å². The van der Waals surface area contributed by atoms with Gasteiger partial charge in [-0.15, -0.1) is 11.3 Å². The molecule has 5 heteroatoms. The van der Waals surface area contributed by atoms with Crippen LogP contribution in [0.5, 0.6) is 0 Å². The van der Waals surface area contributed by atoms with E-state index in [1.54, 1.807) is 6.07 Å². The first-order chi connectivity index (χ1) is 7.59. The molecule has 0 nitrogen and oxygen atoms in total. The summed E-state index contributed by atoms with van der Waals surface area (Å²) < 4.78 is 12.9. The number of alkyl halides is 1. The molecule has 0 bridgehead atoms. The molecule has 0 aliphatic rings. The molecule has 1 atom stereocenters. The Kier molecular flexibility index (Phi) is 3.90. The Morgan fingerprint density at radius 2 is 1.94 bits per heavy atom. The number of halogens is 4. The highest BCUT2D eigenvalue weighted by Gasteiger charge is 2.18. The highest BCUT2D eigenvalue weighted by molar-refractivity contribution is 9.09. The zero-order valence-corrected chi connectivity index (χ0v) is 11.8. The molecule has 1 aromatic heterocycles. The van der Waals surface area contributed by atoms with Crippen LogP contribution in [0.15, 0.2) is 29.6 Å². The van der Waals surface area contributed by atoms with E-state index in [-0.39, 0.29) is 10.6 Å². The van der Waals surface area contributed by atoms with Crippen molar-refractivity contribution >= 4 is 50.5 Å². The Morgan fingerprint density at radius 1 is 1.19 bits per heavy atom. The van der Waals surface area contributed by atoms with Crippen LogP contribution < -0.4 is 0 Å². The fraction of sp³-hybridized carbons (Fsp3) is 0.0909. The summed E-state index contributed by atoms with van der Waals surface area (Å²) in [6, 6.07) is 6.17. The van der Waals surface area contributed by atoms with E-state index < -0.39 is 0 Å². The van der Waals surface area contributed by atoms with E-state index in [1.807, 2.05) is 11.4 Å². The summed E-state index contributed by atoms with van der Waals surface area (Å²) >= 11 is 17.1. The van der Waals surface area contributed by atoms with Gasteiger partial charge in [-0.25, -0.2) is 4.39 Å². The maximum absolute atomic E-state index is 12.9. The van der Waals surface area contributed by atoms with Gasteiger partial charge in [0.15, 0.2) is 0 Å². The molecule has 0 fully saturated rings. The summed E-state index contributed by atoms with van der Waals surface area (Å²) in [5, 5.41) is 2.99. The Labute approximate surface area is 115 Å². The molecule has 84 valence electrons. The molecule has 16 heavy (non-hydrogen) atoms. The third-order valence-electron chi connectivity index (χ3n) is 2.11. The Balaban J connectivity index is 2.41. The molecule has 0 aliphatic carbocycles. The van der Waals surface area contributed by atoms with Crippen molar-refractivity contribution in [3.05, 3.63) is 55.9 Å². The standard InChI is InChI=1S/C11H6BrCl2FS/c12-10(11-8(13)3-4-16-11)7-2-1-6(15)5-9(7)14/h1-5,10H. The zero-order chi connectivity index (χ0) is 11.7. The maximum atomic E-state index is 12.9. The molecule has 1 heterocycles. The van der Waals surface area contributed by atoms with Gasteiger partial charge in [-0.05, 0) is 29.1 Å². The third-order valence-corrected chi connectivity index (χ3v) is 5.12. The van der Waals surface area contributed by atoms with Crippen LogP contribution >= 0.6 is 50.5 Å². The fourth-order valence-corrected chi connectivity index (χ4v) is 4.00. The highest BCUT2D eigenvalue weighted by atomic mass is 79.9. The topological polar surface area (TPSA) is 0 Å². The van der Waals surface area contributed by atoms with Crippen molar-refractivity contribution in [1.82, 2.24) is 0 Å². The van der Waals surface area contributed by atoms with Gasteiger partial charge in [-0.2, -0.15) is 0 Å². The Bertz CT molecular complexity index is 512. The largest absolute Gasteiger partial charge is 0.207 e. The lowest BCUT2D eigenvalue weighted by atomic mass is 10.1. The van der Waals surface area contributed by atoms with Crippen LogP contribution in [0.1, 0.15) is 15.3 Å². The maximum Gasteiger partial charge on any atom is 0.124 e. The van der Waals surface area contributed by atoms with Crippen molar-refractivity contribution < 1.29 is 4.39 Å². The second kappa shape index (κ2) is 5.05. The van der Waals surface area contributed by atoms with Gasteiger partial charge < -0.3 is 0 Å². The van der Waals surface area contributed by atoms with Gasteiger partial charge in [0.2, 0.25) is 0 Å². The molecule has 0 saturated heterocycles. The minimum absolute atomic E-state index is 0.104. The van der Waals surface area contributed by atoms with Gasteiger partial charge in [0, 0.05) is 9.90 Å². The zero-order valence-electron chi connectivity index (χ0n) is 7.88. The number of benzene rings is 1. The van der Waals surface area contributed by atoms with Gasteiger partial charge in [-0.3, -0.25) is 0 Å². The first-order valence-electron chi connectivity index (χ1n) is 4.41. The summed E-state index contributed by atoms with van der Waals surface area (Å²) in [6.45, 7) is 0. The molecule has 0 N–H and O–H groups in total. The monoisotopic (exact) mass is 338 g/mol. The fourth-order valence-electron chi connectivity index (χ4n) is 1.33. The summed E-state index contributed by atoms with van der Waals surface area (Å²) in [5.41, 5.74) is 0.812. The van der Waals surface area contributed by atoms with Crippen LogP contribution in [-0.4, -0.2) is 0 Å². The number of rotatable bonds is 2. The van der Waals surface area contributed by atoms with Crippen LogP contribution in [0, 0.1) is 5.82 Å². The second-order valence-corrected chi connectivity index (χ2v) is 5.84. The normalized spacial score (nSPS) is 12.8. The summed E-state index contributed by atoms with van der Waals surface area (Å²) in [7, 11) is 0. The van der Waals surface area contributed by atoms with E-state index in [4.69, 9.17) is 23.2 Å². The van der Waals surface area contributed by atoms with E-state index in [9.17, 15) is 4.39 Å².